The van der Waals surface area contributed by atoms with Gasteiger partial charge in [0.15, 0.2) is 0 Å². The Morgan fingerprint density at radius 3 is 1.01 bits per heavy atom. The molecule has 13 aromatic rings. The molecule has 11 aromatic carbocycles. The summed E-state index contributed by atoms with van der Waals surface area (Å²) in [6, 6.07) is 71.8. The van der Waals surface area contributed by atoms with E-state index in [1.165, 1.54) is 137 Å². The van der Waals surface area contributed by atoms with Crippen LogP contribution in [0.4, 0.5) is 34.1 Å². The van der Waals surface area contributed by atoms with Crippen LogP contribution in [0.25, 0.3) is 86.4 Å². The fourth-order valence-corrected chi connectivity index (χ4v) is 13.3. The topological polar surface area (TPSA) is 16.3 Å². The van der Waals surface area contributed by atoms with Crippen molar-refractivity contribution in [2.24, 2.45) is 14.1 Å². The minimum atomic E-state index is -0.0611. The molecule has 2 aromatic heterocycles. The van der Waals surface area contributed by atoms with Crippen LogP contribution >= 0.6 is 0 Å². The zero-order valence-corrected chi connectivity index (χ0v) is 40.9. The number of benzene rings is 11. The Labute approximate surface area is 413 Å². The van der Waals surface area contributed by atoms with Gasteiger partial charge in [-0.1, -0.05) is 155 Å². The summed E-state index contributed by atoms with van der Waals surface area (Å²) in [6.45, 7) is 9.20. The third kappa shape index (κ3) is 5.41. The molecule has 0 fully saturated rings. The van der Waals surface area contributed by atoms with Crippen LogP contribution in [0.5, 0.6) is 0 Å². The van der Waals surface area contributed by atoms with E-state index in [-0.39, 0.29) is 6.71 Å². The maximum Gasteiger partial charge on any atom is 0.292 e. The smallest absolute Gasteiger partial charge is 0.292 e. The SMILES string of the molecule is CC(C)c1ccc2c(c1)c1c(n2C)B2c3c(cccc3N(c3ccc4c5ccccc5c5ccccc5c4c3)c3c2n(C)c2ccc(C(C)C)cc32)N1c1ccc2c3ccccc3c3ccccc3c2c1. The Morgan fingerprint density at radius 1 is 0.324 bits per heavy atom. The zero-order chi connectivity index (χ0) is 47.6. The minimum absolute atomic E-state index is 0.0611. The van der Waals surface area contributed by atoms with Crippen LogP contribution in [0.3, 0.4) is 0 Å². The van der Waals surface area contributed by atoms with Gasteiger partial charge in [0, 0.05) is 69.8 Å². The second kappa shape index (κ2) is 14.6. The Morgan fingerprint density at radius 2 is 0.662 bits per heavy atom. The van der Waals surface area contributed by atoms with Crippen LogP contribution in [-0.4, -0.2) is 15.8 Å². The molecule has 0 radical (unpaired) electrons. The molecular formula is C66H51BN4. The van der Waals surface area contributed by atoms with Crippen molar-refractivity contribution in [1.29, 1.82) is 0 Å². The lowest BCUT2D eigenvalue weighted by Crippen LogP contribution is -2.64. The molecule has 0 amide bonds. The van der Waals surface area contributed by atoms with E-state index in [0.717, 1.165) is 11.4 Å². The average Bonchev–Trinajstić information content (AvgIpc) is 3.87. The van der Waals surface area contributed by atoms with E-state index in [1.54, 1.807) is 0 Å². The van der Waals surface area contributed by atoms with Crippen molar-refractivity contribution in [2.75, 3.05) is 9.80 Å². The number of hydrogen-bond donors (Lipinski definition) is 0. The molecule has 4 heterocycles. The highest BCUT2D eigenvalue weighted by molar-refractivity contribution is 7.00. The van der Waals surface area contributed by atoms with Gasteiger partial charge < -0.3 is 18.9 Å². The van der Waals surface area contributed by atoms with Crippen LogP contribution < -0.4 is 26.4 Å². The highest BCUT2D eigenvalue weighted by Gasteiger charge is 2.48. The van der Waals surface area contributed by atoms with Crippen molar-refractivity contribution in [1.82, 2.24) is 9.13 Å². The summed E-state index contributed by atoms with van der Waals surface area (Å²) < 4.78 is 5.06. The highest BCUT2D eigenvalue weighted by Crippen LogP contribution is 2.51. The summed E-state index contributed by atoms with van der Waals surface area (Å²) >= 11 is 0. The van der Waals surface area contributed by atoms with Crippen LogP contribution in [0.15, 0.2) is 188 Å². The summed E-state index contributed by atoms with van der Waals surface area (Å²) in [5.74, 6) is 0.762. The number of fused-ring (bicyclic) bond motifs is 20. The number of aryl methyl sites for hydroxylation is 2. The molecule has 15 rings (SSSR count). The van der Waals surface area contributed by atoms with E-state index in [1.807, 2.05) is 0 Å². The Balaban J connectivity index is 1.08. The molecule has 0 N–H and O–H groups in total. The first kappa shape index (κ1) is 40.6. The van der Waals surface area contributed by atoms with Crippen LogP contribution in [0.1, 0.15) is 50.7 Å². The molecule has 0 saturated carbocycles. The molecule has 338 valence electrons. The summed E-state index contributed by atoms with van der Waals surface area (Å²) in [7, 11) is 4.62. The van der Waals surface area contributed by atoms with Gasteiger partial charge >= 0.3 is 0 Å². The lowest BCUT2D eigenvalue weighted by atomic mass is 9.36. The molecule has 0 aliphatic carbocycles. The van der Waals surface area contributed by atoms with Crippen molar-refractivity contribution in [3.8, 4) is 0 Å². The average molecular weight is 911 g/mol. The highest BCUT2D eigenvalue weighted by atomic mass is 15.2. The standard InChI is InChI=1S/C66H51BN4/c1-38(2)40-26-32-58-56(34-40)63-65(68(58)5)67-62-60(70(63)42-28-30-52-48-20-9-7-16-44(48)46-18-11-13-22-50(46)54(52)36-42)24-15-25-61(62)71(64-57-35-41(39(3)4)27-33-59(57)69(6)66(64)67)43-29-31-53-49-21-10-8-17-45(49)47-19-12-14-23-51(47)55(53)37-43/h7-39H,1-6H3. The molecule has 0 spiro atoms. The van der Waals surface area contributed by atoms with Crippen LogP contribution in [-0.2, 0) is 14.1 Å². The quantitative estimate of drug-likeness (QED) is 0.129. The fourth-order valence-electron chi connectivity index (χ4n) is 13.3. The Kier molecular flexibility index (Phi) is 8.37. The summed E-state index contributed by atoms with van der Waals surface area (Å²) in [6.07, 6.45) is 0. The summed E-state index contributed by atoms with van der Waals surface area (Å²) in [5.41, 5.74) is 16.4. The molecule has 5 heteroatoms. The molecule has 0 atom stereocenters. The van der Waals surface area contributed by atoms with Gasteiger partial charge in [-0.3, -0.25) is 0 Å². The molecule has 2 aliphatic heterocycles. The van der Waals surface area contributed by atoms with Crippen molar-refractivity contribution in [2.45, 2.75) is 39.5 Å². The third-order valence-electron chi connectivity index (χ3n) is 16.6. The number of aromatic nitrogens is 2. The largest absolute Gasteiger partial charge is 0.353 e. The monoisotopic (exact) mass is 910 g/mol. The number of nitrogens with zero attached hydrogens (tertiary/aromatic N) is 4. The van der Waals surface area contributed by atoms with Gasteiger partial charge in [-0.2, -0.15) is 0 Å². The van der Waals surface area contributed by atoms with Crippen molar-refractivity contribution in [3.05, 3.63) is 199 Å². The maximum atomic E-state index is 2.63. The van der Waals surface area contributed by atoms with E-state index in [2.05, 4.69) is 249 Å². The van der Waals surface area contributed by atoms with Gasteiger partial charge in [0.2, 0.25) is 0 Å². The predicted octanol–water partition coefficient (Wildman–Crippen LogP) is 15.9. The van der Waals surface area contributed by atoms with Gasteiger partial charge in [0.05, 0.1) is 11.4 Å². The number of anilines is 6. The minimum Gasteiger partial charge on any atom is -0.353 e. The fraction of sp³-hybridized carbons (Fsp3) is 0.121. The van der Waals surface area contributed by atoms with Gasteiger partial charge in [-0.15, -0.1) is 0 Å². The van der Waals surface area contributed by atoms with E-state index >= 15 is 0 Å². The molecule has 4 nitrogen and oxygen atoms in total. The predicted molar refractivity (Wildman–Crippen MR) is 307 cm³/mol. The van der Waals surface area contributed by atoms with Crippen molar-refractivity contribution in [3.63, 3.8) is 0 Å². The maximum absolute atomic E-state index is 2.63. The van der Waals surface area contributed by atoms with Gasteiger partial charge in [-0.25, -0.2) is 0 Å². The normalized spacial score (nSPS) is 13.4. The zero-order valence-electron chi connectivity index (χ0n) is 40.9. The lowest BCUT2D eigenvalue weighted by Gasteiger charge is -2.43. The van der Waals surface area contributed by atoms with E-state index in [0.29, 0.717) is 11.8 Å². The van der Waals surface area contributed by atoms with Gasteiger partial charge in [0.25, 0.3) is 6.71 Å². The van der Waals surface area contributed by atoms with Crippen molar-refractivity contribution < 1.29 is 0 Å². The van der Waals surface area contributed by atoms with Crippen molar-refractivity contribution >= 4 is 144 Å². The second-order valence-corrected chi connectivity index (χ2v) is 20.9. The molecular weight excluding hydrogens is 860 g/mol. The Bertz CT molecular complexity index is 4120. The van der Waals surface area contributed by atoms with E-state index in [9.17, 15) is 0 Å². The first-order valence-electron chi connectivity index (χ1n) is 25.4. The lowest BCUT2D eigenvalue weighted by molar-refractivity contribution is 0.868. The first-order valence-corrected chi connectivity index (χ1v) is 25.4. The molecule has 0 saturated heterocycles. The van der Waals surface area contributed by atoms with Gasteiger partial charge in [0.1, 0.15) is 0 Å². The Hall–Kier alpha value is -8.28. The summed E-state index contributed by atoms with van der Waals surface area (Å²) in [4.78, 5) is 5.26. The third-order valence-corrected chi connectivity index (χ3v) is 16.6. The first-order chi connectivity index (χ1) is 34.7. The molecule has 0 unspecified atom stereocenters. The second-order valence-electron chi connectivity index (χ2n) is 20.9. The van der Waals surface area contributed by atoms with Gasteiger partial charge in [-0.05, 0) is 154 Å². The number of rotatable bonds is 4. The molecule has 71 heavy (non-hydrogen) atoms. The van der Waals surface area contributed by atoms with E-state index < -0.39 is 0 Å². The van der Waals surface area contributed by atoms with E-state index in [4.69, 9.17) is 0 Å². The number of hydrogen-bond acceptors (Lipinski definition) is 2. The van der Waals surface area contributed by atoms with Crippen LogP contribution in [0.2, 0.25) is 0 Å². The molecule has 0 bridgehead atoms. The summed E-state index contributed by atoms with van der Waals surface area (Å²) in [5, 5.41) is 17.9. The molecule has 2 aliphatic rings. The van der Waals surface area contributed by atoms with Crippen LogP contribution in [0, 0.1) is 0 Å².